The summed E-state index contributed by atoms with van der Waals surface area (Å²) in [4.78, 5) is 2.51. The number of hydrogen-bond donors (Lipinski definition) is 0. The van der Waals surface area contributed by atoms with Crippen molar-refractivity contribution in [1.29, 1.82) is 0 Å². The fourth-order valence-electron chi connectivity index (χ4n) is 1.80. The van der Waals surface area contributed by atoms with E-state index in [9.17, 15) is 0 Å². The molecule has 0 atom stereocenters. The van der Waals surface area contributed by atoms with Crippen LogP contribution in [0.15, 0.2) is 30.3 Å². The minimum absolute atomic E-state index is 0.247. The van der Waals surface area contributed by atoms with Crippen LogP contribution < -0.4 is 4.90 Å². The van der Waals surface area contributed by atoms with Crippen LogP contribution in [0.4, 0.5) is 5.69 Å². The molecular weight excluding hydrogens is 182 g/mol. The molecule has 0 saturated carbocycles. The highest BCUT2D eigenvalue weighted by molar-refractivity contribution is 5.48. The first-order chi connectivity index (χ1) is 7.11. The normalized spacial score (nSPS) is 11.5. The summed E-state index contributed by atoms with van der Waals surface area (Å²) in [5.74, 6) is 0. The lowest BCUT2D eigenvalue weighted by molar-refractivity contribution is 0.443. The van der Waals surface area contributed by atoms with Crippen LogP contribution in [0, 0.1) is 0 Å². The van der Waals surface area contributed by atoms with Gasteiger partial charge in [0.05, 0.1) is 0 Å². The number of nitrogens with zero attached hydrogens (tertiary/aromatic N) is 1. The second kappa shape index (κ2) is 5.20. The van der Waals surface area contributed by atoms with Crippen LogP contribution in [0.25, 0.3) is 0 Å². The first kappa shape index (κ1) is 12.1. The van der Waals surface area contributed by atoms with Gasteiger partial charge in [-0.05, 0) is 38.8 Å². The summed E-state index contributed by atoms with van der Waals surface area (Å²) in [5.41, 5.74) is 1.59. The van der Waals surface area contributed by atoms with E-state index in [-0.39, 0.29) is 5.54 Å². The Morgan fingerprint density at radius 2 is 1.67 bits per heavy atom. The van der Waals surface area contributed by atoms with Gasteiger partial charge in [-0.2, -0.15) is 0 Å². The first-order valence-corrected chi connectivity index (χ1v) is 5.94. The highest BCUT2D eigenvalue weighted by Crippen LogP contribution is 2.26. The molecule has 0 saturated heterocycles. The minimum Gasteiger partial charge on any atom is -0.366 e. The molecule has 0 aliphatic rings. The molecule has 0 N–H and O–H groups in total. The maximum atomic E-state index is 2.51. The molecule has 1 heteroatoms. The van der Waals surface area contributed by atoms with Gasteiger partial charge in [-0.3, -0.25) is 0 Å². The van der Waals surface area contributed by atoms with E-state index in [1.54, 1.807) is 0 Å². The molecule has 0 amide bonds. The Kier molecular flexibility index (Phi) is 4.19. The van der Waals surface area contributed by atoms with Crippen LogP contribution in [0.1, 0.15) is 40.5 Å². The topological polar surface area (TPSA) is 3.24 Å². The van der Waals surface area contributed by atoms with Gasteiger partial charge < -0.3 is 4.90 Å². The zero-order chi connectivity index (χ0) is 11.3. The van der Waals surface area contributed by atoms with E-state index in [0.29, 0.717) is 0 Å². The summed E-state index contributed by atoms with van der Waals surface area (Å²) in [5, 5.41) is 0. The second-order valence-electron chi connectivity index (χ2n) is 4.65. The third kappa shape index (κ3) is 2.98. The largest absolute Gasteiger partial charge is 0.366 e. The summed E-state index contributed by atoms with van der Waals surface area (Å²) >= 11 is 0. The Bertz CT molecular complexity index is 277. The predicted octanol–water partition coefficient (Wildman–Crippen LogP) is 4.09. The zero-order valence-corrected chi connectivity index (χ0v) is 10.5. The smallest absolute Gasteiger partial charge is 0.0370 e. The van der Waals surface area contributed by atoms with Crippen molar-refractivity contribution in [2.45, 2.75) is 46.1 Å². The van der Waals surface area contributed by atoms with Gasteiger partial charge in [0.15, 0.2) is 0 Å². The van der Waals surface area contributed by atoms with Crippen LogP contribution in [-0.2, 0) is 0 Å². The number of hydrogen-bond acceptors (Lipinski definition) is 1. The fraction of sp³-hybridized carbons (Fsp3) is 0.571. The van der Waals surface area contributed by atoms with Crippen LogP contribution in [-0.4, -0.2) is 12.1 Å². The number of benzene rings is 1. The highest BCUT2D eigenvalue weighted by atomic mass is 15.2. The van der Waals surface area contributed by atoms with Crippen molar-refractivity contribution >= 4 is 5.69 Å². The molecule has 0 unspecified atom stereocenters. The first-order valence-electron chi connectivity index (χ1n) is 5.94. The predicted molar refractivity (Wildman–Crippen MR) is 68.4 cm³/mol. The van der Waals surface area contributed by atoms with Crippen molar-refractivity contribution in [1.82, 2.24) is 0 Å². The number of para-hydroxylation sites is 1. The molecule has 1 nitrogen and oxygen atoms in total. The molecule has 0 fully saturated rings. The lowest BCUT2D eigenvalue weighted by atomic mass is 9.98. The van der Waals surface area contributed by atoms with Gasteiger partial charge in [0.25, 0.3) is 0 Å². The van der Waals surface area contributed by atoms with Gasteiger partial charge in [0.1, 0.15) is 0 Å². The third-order valence-corrected chi connectivity index (χ3v) is 3.11. The van der Waals surface area contributed by atoms with Gasteiger partial charge >= 0.3 is 0 Å². The molecule has 1 aromatic rings. The molecule has 0 bridgehead atoms. The minimum atomic E-state index is 0.247. The van der Waals surface area contributed by atoms with Crippen molar-refractivity contribution in [3.63, 3.8) is 0 Å². The number of rotatable bonds is 5. The standard InChI is InChI=1S/C14H23N/c1-5-12-15(14(3,4)6-2)13-10-8-7-9-11-13/h7-11H,5-6,12H2,1-4H3. The molecule has 0 heterocycles. The maximum absolute atomic E-state index is 2.51. The molecule has 0 spiro atoms. The summed E-state index contributed by atoms with van der Waals surface area (Å²) in [7, 11) is 0. The molecule has 84 valence electrons. The van der Waals surface area contributed by atoms with E-state index in [1.807, 2.05) is 0 Å². The Morgan fingerprint density at radius 3 is 2.13 bits per heavy atom. The van der Waals surface area contributed by atoms with Crippen LogP contribution in [0.2, 0.25) is 0 Å². The highest BCUT2D eigenvalue weighted by Gasteiger charge is 2.23. The van der Waals surface area contributed by atoms with Gasteiger partial charge in [0.2, 0.25) is 0 Å². The van der Waals surface area contributed by atoms with Gasteiger partial charge in [-0.15, -0.1) is 0 Å². The zero-order valence-electron chi connectivity index (χ0n) is 10.5. The van der Waals surface area contributed by atoms with E-state index >= 15 is 0 Å². The summed E-state index contributed by atoms with van der Waals surface area (Å²) in [6, 6.07) is 10.7. The molecule has 1 rings (SSSR count). The van der Waals surface area contributed by atoms with E-state index in [1.165, 1.54) is 18.5 Å². The summed E-state index contributed by atoms with van der Waals surface area (Å²) < 4.78 is 0. The van der Waals surface area contributed by atoms with Crippen molar-refractivity contribution < 1.29 is 0 Å². The average molecular weight is 205 g/mol. The third-order valence-electron chi connectivity index (χ3n) is 3.11. The van der Waals surface area contributed by atoms with Crippen LogP contribution in [0.5, 0.6) is 0 Å². The lowest BCUT2D eigenvalue weighted by Crippen LogP contribution is -2.44. The quantitative estimate of drug-likeness (QED) is 0.699. The van der Waals surface area contributed by atoms with Crippen molar-refractivity contribution in [3.8, 4) is 0 Å². The van der Waals surface area contributed by atoms with Crippen LogP contribution in [0.3, 0.4) is 0 Å². The lowest BCUT2D eigenvalue weighted by Gasteiger charge is -2.40. The van der Waals surface area contributed by atoms with E-state index in [4.69, 9.17) is 0 Å². The second-order valence-corrected chi connectivity index (χ2v) is 4.65. The summed E-state index contributed by atoms with van der Waals surface area (Å²) in [6.07, 6.45) is 2.36. The Labute approximate surface area is 94.1 Å². The Morgan fingerprint density at radius 1 is 1.07 bits per heavy atom. The average Bonchev–Trinajstić information content (AvgIpc) is 2.27. The molecule has 15 heavy (non-hydrogen) atoms. The molecule has 0 aromatic heterocycles. The molecule has 1 aromatic carbocycles. The summed E-state index contributed by atoms with van der Waals surface area (Å²) in [6.45, 7) is 10.3. The van der Waals surface area contributed by atoms with Crippen molar-refractivity contribution in [3.05, 3.63) is 30.3 Å². The van der Waals surface area contributed by atoms with Gasteiger partial charge in [-0.25, -0.2) is 0 Å². The molecule has 0 aliphatic carbocycles. The van der Waals surface area contributed by atoms with Gasteiger partial charge in [-0.1, -0.05) is 32.0 Å². The van der Waals surface area contributed by atoms with Crippen molar-refractivity contribution in [2.24, 2.45) is 0 Å². The molecule has 0 aliphatic heterocycles. The monoisotopic (exact) mass is 205 g/mol. The Hall–Kier alpha value is -0.980. The maximum Gasteiger partial charge on any atom is 0.0370 e. The van der Waals surface area contributed by atoms with Crippen LogP contribution >= 0.6 is 0 Å². The van der Waals surface area contributed by atoms with Crippen molar-refractivity contribution in [2.75, 3.05) is 11.4 Å². The fourth-order valence-corrected chi connectivity index (χ4v) is 1.80. The van der Waals surface area contributed by atoms with E-state index in [0.717, 1.165) is 6.54 Å². The van der Waals surface area contributed by atoms with E-state index in [2.05, 4.69) is 62.9 Å². The molecule has 0 radical (unpaired) electrons. The molecular formula is C14H23N. The van der Waals surface area contributed by atoms with Gasteiger partial charge in [0, 0.05) is 17.8 Å². The SMILES string of the molecule is CCCN(c1ccccc1)C(C)(C)CC. The Balaban J connectivity index is 2.93. The van der Waals surface area contributed by atoms with E-state index < -0.39 is 0 Å². The number of anilines is 1.